The quantitative estimate of drug-likeness (QED) is 0.797. The van der Waals surface area contributed by atoms with Gasteiger partial charge in [0.15, 0.2) is 5.65 Å². The van der Waals surface area contributed by atoms with Gasteiger partial charge in [-0.2, -0.15) is 5.10 Å². The van der Waals surface area contributed by atoms with Crippen LogP contribution in [0.1, 0.15) is 17.4 Å². The molecule has 0 saturated heterocycles. The monoisotopic (exact) mass is 282 g/mol. The van der Waals surface area contributed by atoms with E-state index in [1.165, 1.54) is 4.52 Å². The van der Waals surface area contributed by atoms with Crippen LogP contribution in [0.25, 0.3) is 5.65 Å². The van der Waals surface area contributed by atoms with Crippen molar-refractivity contribution in [3.05, 3.63) is 54.5 Å². The number of hydrogen-bond acceptors (Lipinski definition) is 4. The van der Waals surface area contributed by atoms with Crippen LogP contribution in [0.5, 0.6) is 5.75 Å². The summed E-state index contributed by atoms with van der Waals surface area (Å²) in [6.07, 6.45) is 3.19. The van der Waals surface area contributed by atoms with Crippen molar-refractivity contribution in [2.45, 2.75) is 6.92 Å². The fourth-order valence-corrected chi connectivity index (χ4v) is 2.04. The lowest BCUT2D eigenvalue weighted by Gasteiger charge is -2.11. The highest BCUT2D eigenvalue weighted by molar-refractivity contribution is 6.04. The summed E-state index contributed by atoms with van der Waals surface area (Å²) in [5.41, 5.74) is 1.67. The van der Waals surface area contributed by atoms with E-state index in [1.807, 2.05) is 25.1 Å². The molecule has 1 aromatic carbocycles. The van der Waals surface area contributed by atoms with Gasteiger partial charge in [0.1, 0.15) is 11.4 Å². The average molecular weight is 282 g/mol. The summed E-state index contributed by atoms with van der Waals surface area (Å²) in [6, 6.07) is 10.7. The average Bonchev–Trinajstić information content (AvgIpc) is 2.97. The molecule has 0 aliphatic carbocycles. The van der Waals surface area contributed by atoms with E-state index in [4.69, 9.17) is 4.74 Å². The van der Waals surface area contributed by atoms with Crippen molar-refractivity contribution in [2.75, 3.05) is 11.9 Å². The van der Waals surface area contributed by atoms with Crippen LogP contribution < -0.4 is 10.1 Å². The molecule has 0 saturated carbocycles. The number of carbonyl (C=O) groups excluding carboxylic acids is 1. The second-order valence-electron chi connectivity index (χ2n) is 4.31. The second kappa shape index (κ2) is 5.62. The summed E-state index contributed by atoms with van der Waals surface area (Å²) in [7, 11) is 0. The number of fused-ring (bicyclic) bond motifs is 1. The maximum absolute atomic E-state index is 12.4. The van der Waals surface area contributed by atoms with Gasteiger partial charge in [-0.3, -0.25) is 4.79 Å². The van der Waals surface area contributed by atoms with Crippen LogP contribution in [-0.2, 0) is 0 Å². The molecule has 106 valence electrons. The lowest BCUT2D eigenvalue weighted by molar-refractivity contribution is 0.101. The zero-order valence-electron chi connectivity index (χ0n) is 11.5. The van der Waals surface area contributed by atoms with Crippen molar-refractivity contribution in [3.8, 4) is 5.75 Å². The van der Waals surface area contributed by atoms with E-state index in [-0.39, 0.29) is 5.91 Å². The summed E-state index contributed by atoms with van der Waals surface area (Å²) < 4.78 is 7.00. The Morgan fingerprint density at radius 3 is 2.95 bits per heavy atom. The Kier molecular flexibility index (Phi) is 3.51. The topological polar surface area (TPSA) is 68.5 Å². The fourth-order valence-electron chi connectivity index (χ4n) is 2.04. The molecule has 2 heterocycles. The smallest absolute Gasteiger partial charge is 0.274 e. The maximum Gasteiger partial charge on any atom is 0.274 e. The summed E-state index contributed by atoms with van der Waals surface area (Å²) in [5, 5.41) is 6.94. The Labute approximate surface area is 121 Å². The van der Waals surface area contributed by atoms with Gasteiger partial charge in [0.2, 0.25) is 0 Å². The Balaban J connectivity index is 1.92. The summed E-state index contributed by atoms with van der Waals surface area (Å²) in [5.74, 6) is 0.373. The van der Waals surface area contributed by atoms with Gasteiger partial charge in [0.25, 0.3) is 5.91 Å². The molecule has 0 aliphatic heterocycles. The number of nitrogens with one attached hydrogen (secondary N) is 1. The molecule has 2 aromatic heterocycles. The third-order valence-corrected chi connectivity index (χ3v) is 2.96. The molecule has 6 heteroatoms. The first kappa shape index (κ1) is 13.1. The van der Waals surface area contributed by atoms with Crippen molar-refractivity contribution in [2.24, 2.45) is 0 Å². The van der Waals surface area contributed by atoms with E-state index in [0.717, 1.165) is 0 Å². The molecule has 0 aliphatic rings. The van der Waals surface area contributed by atoms with Crippen molar-refractivity contribution < 1.29 is 9.53 Å². The van der Waals surface area contributed by atoms with E-state index in [2.05, 4.69) is 15.4 Å². The number of ether oxygens (including phenoxy) is 1. The zero-order chi connectivity index (χ0) is 14.7. The molecule has 0 unspecified atom stereocenters. The minimum Gasteiger partial charge on any atom is -0.492 e. The van der Waals surface area contributed by atoms with Crippen LogP contribution in [0.3, 0.4) is 0 Å². The molecular formula is C15H14N4O2. The number of aromatic nitrogens is 3. The predicted octanol–water partition coefficient (Wildman–Crippen LogP) is 2.38. The van der Waals surface area contributed by atoms with Crippen molar-refractivity contribution >= 4 is 17.2 Å². The van der Waals surface area contributed by atoms with Crippen LogP contribution in [0, 0.1) is 0 Å². The number of amides is 1. The number of nitrogens with zero attached hydrogens (tertiary/aromatic N) is 3. The van der Waals surface area contributed by atoms with Crippen LogP contribution >= 0.6 is 0 Å². The Bertz CT molecular complexity index is 782. The highest BCUT2D eigenvalue weighted by atomic mass is 16.5. The number of hydrogen-bond donors (Lipinski definition) is 1. The summed E-state index contributed by atoms with van der Waals surface area (Å²) in [4.78, 5) is 16.6. The summed E-state index contributed by atoms with van der Waals surface area (Å²) in [6.45, 7) is 2.43. The van der Waals surface area contributed by atoms with Crippen LogP contribution in [0.2, 0.25) is 0 Å². The highest BCUT2D eigenvalue weighted by Crippen LogP contribution is 2.24. The Morgan fingerprint density at radius 1 is 1.24 bits per heavy atom. The van der Waals surface area contributed by atoms with Crippen LogP contribution in [-0.4, -0.2) is 27.1 Å². The number of rotatable bonds is 4. The molecule has 1 N–H and O–H groups in total. The minimum atomic E-state index is -0.266. The normalized spacial score (nSPS) is 10.5. The largest absolute Gasteiger partial charge is 0.492 e. The maximum atomic E-state index is 12.4. The second-order valence-corrected chi connectivity index (χ2v) is 4.31. The predicted molar refractivity (Wildman–Crippen MR) is 78.6 cm³/mol. The Morgan fingerprint density at radius 2 is 2.10 bits per heavy atom. The first-order valence-electron chi connectivity index (χ1n) is 6.61. The van der Waals surface area contributed by atoms with Crippen LogP contribution in [0.15, 0.2) is 48.8 Å². The lowest BCUT2D eigenvalue weighted by atomic mass is 10.2. The first-order chi connectivity index (χ1) is 10.3. The highest BCUT2D eigenvalue weighted by Gasteiger charge is 2.13. The standard InChI is InChI=1S/C15H14N4O2/c1-2-21-13-6-4-3-5-11(13)18-15(20)12-7-9-16-14-8-10-17-19(12)14/h3-10H,2H2,1H3,(H,18,20). The van der Waals surface area contributed by atoms with Gasteiger partial charge in [-0.25, -0.2) is 9.50 Å². The van der Waals surface area contributed by atoms with Gasteiger partial charge in [-0.05, 0) is 25.1 Å². The van der Waals surface area contributed by atoms with Crippen molar-refractivity contribution in [1.29, 1.82) is 0 Å². The molecule has 3 rings (SSSR count). The molecule has 0 atom stereocenters. The Hall–Kier alpha value is -2.89. The van der Waals surface area contributed by atoms with E-state index in [1.54, 1.807) is 30.6 Å². The fraction of sp³-hybridized carbons (Fsp3) is 0.133. The van der Waals surface area contributed by atoms with Gasteiger partial charge < -0.3 is 10.1 Å². The molecule has 1 amide bonds. The summed E-state index contributed by atoms with van der Waals surface area (Å²) >= 11 is 0. The molecule has 6 nitrogen and oxygen atoms in total. The third-order valence-electron chi connectivity index (χ3n) is 2.96. The van der Waals surface area contributed by atoms with Crippen molar-refractivity contribution in [3.63, 3.8) is 0 Å². The number of benzene rings is 1. The van der Waals surface area contributed by atoms with E-state index >= 15 is 0 Å². The molecule has 0 spiro atoms. The van der Waals surface area contributed by atoms with Gasteiger partial charge in [-0.15, -0.1) is 0 Å². The lowest BCUT2D eigenvalue weighted by Crippen LogP contribution is -2.17. The molecular weight excluding hydrogens is 268 g/mol. The van der Waals surface area contributed by atoms with E-state index in [9.17, 15) is 4.79 Å². The first-order valence-corrected chi connectivity index (χ1v) is 6.61. The third kappa shape index (κ3) is 2.55. The molecule has 3 aromatic rings. The van der Waals surface area contributed by atoms with Gasteiger partial charge >= 0.3 is 0 Å². The number of anilines is 1. The van der Waals surface area contributed by atoms with E-state index in [0.29, 0.717) is 29.4 Å². The van der Waals surface area contributed by atoms with Gasteiger partial charge in [-0.1, -0.05) is 12.1 Å². The zero-order valence-corrected chi connectivity index (χ0v) is 11.5. The van der Waals surface area contributed by atoms with Crippen LogP contribution in [0.4, 0.5) is 5.69 Å². The molecule has 0 fully saturated rings. The minimum absolute atomic E-state index is 0.266. The van der Waals surface area contributed by atoms with Gasteiger partial charge in [0.05, 0.1) is 18.5 Å². The van der Waals surface area contributed by atoms with E-state index < -0.39 is 0 Å². The number of carbonyl (C=O) groups is 1. The molecule has 0 bridgehead atoms. The SMILES string of the molecule is CCOc1ccccc1NC(=O)c1ccnc2ccnn12. The van der Waals surface area contributed by atoms with Crippen molar-refractivity contribution in [1.82, 2.24) is 14.6 Å². The van der Waals surface area contributed by atoms with Gasteiger partial charge in [0, 0.05) is 12.3 Å². The molecule has 0 radical (unpaired) electrons. The number of para-hydroxylation sites is 2. The molecule has 21 heavy (non-hydrogen) atoms.